The van der Waals surface area contributed by atoms with Gasteiger partial charge in [-0.25, -0.2) is 0 Å². The van der Waals surface area contributed by atoms with Gasteiger partial charge in [-0.2, -0.15) is 0 Å². The van der Waals surface area contributed by atoms with E-state index < -0.39 is 0 Å². The molecule has 0 aromatic heterocycles. The minimum atomic E-state index is 0.293. The molecule has 1 spiro atoms. The summed E-state index contributed by atoms with van der Waals surface area (Å²) in [5.74, 6) is 3.71. The molecular weight excluding hydrogens is 360 g/mol. The van der Waals surface area contributed by atoms with Crippen LogP contribution in [-0.4, -0.2) is 0 Å². The van der Waals surface area contributed by atoms with Gasteiger partial charge in [0.1, 0.15) is 0 Å². The summed E-state index contributed by atoms with van der Waals surface area (Å²) in [6.07, 6.45) is 8.41. The monoisotopic (exact) mass is 390 g/mol. The largest absolute Gasteiger partial charge is 0.0620 e. The first-order valence-corrected chi connectivity index (χ1v) is 12.0. The predicted octanol–water partition coefficient (Wildman–Crippen LogP) is 7.31. The zero-order chi connectivity index (χ0) is 19.9. The summed E-state index contributed by atoms with van der Waals surface area (Å²) in [7, 11) is 0. The Morgan fingerprint density at radius 3 is 2.13 bits per heavy atom. The molecule has 0 N–H and O–H groups in total. The van der Waals surface area contributed by atoms with E-state index in [0.717, 1.165) is 30.1 Å². The van der Waals surface area contributed by atoms with Gasteiger partial charge in [-0.15, -0.1) is 0 Å². The van der Waals surface area contributed by atoms with E-state index in [1.165, 1.54) is 59.9 Å². The third-order valence-corrected chi connectivity index (χ3v) is 9.27. The topological polar surface area (TPSA) is 0 Å². The molecule has 4 fully saturated rings. The van der Waals surface area contributed by atoms with E-state index in [1.54, 1.807) is 11.1 Å². The highest BCUT2D eigenvalue weighted by Crippen LogP contribution is 2.69. The fraction of sp³-hybridized carbons (Fsp3) is 0.400. The van der Waals surface area contributed by atoms with Crippen molar-refractivity contribution in [3.05, 3.63) is 94.5 Å². The molecule has 8 rings (SSSR count). The summed E-state index contributed by atoms with van der Waals surface area (Å²) >= 11 is 0. The average molecular weight is 391 g/mol. The maximum atomic E-state index is 2.63. The molecule has 0 amide bonds. The third-order valence-electron chi connectivity index (χ3n) is 9.27. The molecular formula is C30H30. The molecule has 0 saturated heterocycles. The van der Waals surface area contributed by atoms with Crippen LogP contribution >= 0.6 is 0 Å². The average Bonchev–Trinajstić information content (AvgIpc) is 3.04. The minimum Gasteiger partial charge on any atom is -0.0620 e. The Morgan fingerprint density at radius 1 is 0.700 bits per heavy atom. The lowest BCUT2D eigenvalue weighted by Gasteiger charge is -2.61. The smallest absolute Gasteiger partial charge is 0.0272 e. The first kappa shape index (κ1) is 17.4. The van der Waals surface area contributed by atoms with Gasteiger partial charge in [0.15, 0.2) is 0 Å². The molecule has 0 nitrogen and oxygen atoms in total. The Hall–Kier alpha value is -2.34. The van der Waals surface area contributed by atoms with Crippen LogP contribution in [0.15, 0.2) is 66.7 Å². The highest BCUT2D eigenvalue weighted by atomic mass is 14.6. The minimum absolute atomic E-state index is 0.293. The van der Waals surface area contributed by atoms with Crippen LogP contribution in [-0.2, 0) is 11.8 Å². The van der Waals surface area contributed by atoms with E-state index >= 15 is 0 Å². The van der Waals surface area contributed by atoms with Crippen LogP contribution in [0.3, 0.4) is 0 Å². The summed E-state index contributed by atoms with van der Waals surface area (Å²) in [6, 6.07) is 25.8. The van der Waals surface area contributed by atoms with Crippen molar-refractivity contribution in [1.82, 2.24) is 0 Å². The highest BCUT2D eigenvalue weighted by molar-refractivity contribution is 5.82. The number of benzene rings is 3. The number of hydrogen-bond acceptors (Lipinski definition) is 0. The van der Waals surface area contributed by atoms with Gasteiger partial charge < -0.3 is 0 Å². The quantitative estimate of drug-likeness (QED) is 0.430. The Labute approximate surface area is 180 Å². The number of aryl methyl sites for hydroxylation is 1. The summed E-state index contributed by atoms with van der Waals surface area (Å²) in [6.45, 7) is 2.25. The van der Waals surface area contributed by atoms with Crippen molar-refractivity contribution < 1.29 is 0 Å². The molecule has 0 unspecified atom stereocenters. The second kappa shape index (κ2) is 6.10. The molecule has 5 aliphatic carbocycles. The summed E-state index contributed by atoms with van der Waals surface area (Å²) in [4.78, 5) is 0. The lowest BCUT2D eigenvalue weighted by Crippen LogP contribution is -2.55. The van der Waals surface area contributed by atoms with E-state index in [-0.39, 0.29) is 0 Å². The second-order valence-electron chi connectivity index (χ2n) is 10.7. The van der Waals surface area contributed by atoms with Gasteiger partial charge in [0.2, 0.25) is 0 Å². The number of hydrogen-bond donors (Lipinski definition) is 0. The van der Waals surface area contributed by atoms with Crippen molar-refractivity contribution in [2.45, 2.75) is 50.9 Å². The van der Waals surface area contributed by atoms with Gasteiger partial charge in [0.25, 0.3) is 0 Å². The van der Waals surface area contributed by atoms with E-state index in [9.17, 15) is 0 Å². The van der Waals surface area contributed by atoms with Crippen LogP contribution in [0.2, 0.25) is 0 Å². The predicted molar refractivity (Wildman–Crippen MR) is 124 cm³/mol. The van der Waals surface area contributed by atoms with Crippen molar-refractivity contribution in [2.75, 3.05) is 0 Å². The fourth-order valence-corrected chi connectivity index (χ4v) is 8.34. The van der Waals surface area contributed by atoms with E-state index in [4.69, 9.17) is 0 Å². The Balaban J connectivity index is 1.41. The van der Waals surface area contributed by atoms with Crippen LogP contribution in [0.25, 0.3) is 11.1 Å². The molecule has 0 heterocycles. The zero-order valence-corrected chi connectivity index (χ0v) is 17.9. The van der Waals surface area contributed by atoms with Crippen molar-refractivity contribution in [1.29, 1.82) is 0 Å². The molecule has 0 aliphatic heterocycles. The zero-order valence-electron chi connectivity index (χ0n) is 17.9. The van der Waals surface area contributed by atoms with E-state index in [1.807, 2.05) is 0 Å². The van der Waals surface area contributed by atoms with Crippen molar-refractivity contribution >= 4 is 0 Å². The SMILES string of the molecule is Cc1ccccc1Cc1ccc2c(c1)C1(c3ccccc3-2)C2CC3CC(C2)CC1C3. The van der Waals surface area contributed by atoms with Crippen LogP contribution in [0, 0.1) is 30.6 Å². The first-order chi connectivity index (χ1) is 14.7. The van der Waals surface area contributed by atoms with E-state index in [2.05, 4.69) is 73.7 Å². The Bertz CT molecular complexity index is 1120. The number of fused-ring (bicyclic) bond motifs is 3. The lowest BCUT2D eigenvalue weighted by atomic mass is 9.43. The van der Waals surface area contributed by atoms with Crippen LogP contribution < -0.4 is 0 Å². The Morgan fingerprint density at radius 2 is 1.37 bits per heavy atom. The van der Waals surface area contributed by atoms with Gasteiger partial charge in [-0.05, 0) is 108 Å². The summed E-state index contributed by atoms with van der Waals surface area (Å²) in [5.41, 5.74) is 11.1. The summed E-state index contributed by atoms with van der Waals surface area (Å²) < 4.78 is 0. The van der Waals surface area contributed by atoms with Gasteiger partial charge in [-0.1, -0.05) is 66.7 Å². The van der Waals surface area contributed by atoms with Crippen molar-refractivity contribution in [2.24, 2.45) is 23.7 Å². The first-order valence-electron chi connectivity index (χ1n) is 12.0. The van der Waals surface area contributed by atoms with Crippen molar-refractivity contribution in [3.63, 3.8) is 0 Å². The molecule has 0 radical (unpaired) electrons. The normalized spacial score (nSPS) is 32.4. The third kappa shape index (κ3) is 2.18. The standard InChI is InChI=1S/C30H30/c1-19-6-2-3-7-23(19)13-20-10-11-27-26-8-4-5-9-28(26)30(29(27)18-20)24-14-21-12-22(16-24)17-25(30)15-21/h2-11,18,21-22,24-25H,12-17H2,1H3. The molecule has 3 aromatic rings. The van der Waals surface area contributed by atoms with Crippen LogP contribution in [0.1, 0.15) is 59.9 Å². The van der Waals surface area contributed by atoms with E-state index in [0.29, 0.717) is 5.41 Å². The van der Waals surface area contributed by atoms with Crippen LogP contribution in [0.4, 0.5) is 0 Å². The molecule has 0 heteroatoms. The van der Waals surface area contributed by atoms with Gasteiger partial charge in [0, 0.05) is 5.41 Å². The van der Waals surface area contributed by atoms with Crippen LogP contribution in [0.5, 0.6) is 0 Å². The molecule has 0 atom stereocenters. The number of rotatable bonds is 2. The Kier molecular flexibility index (Phi) is 3.53. The molecule has 3 aromatic carbocycles. The molecule has 4 bridgehead atoms. The highest BCUT2D eigenvalue weighted by Gasteiger charge is 2.61. The fourth-order valence-electron chi connectivity index (χ4n) is 8.34. The van der Waals surface area contributed by atoms with Gasteiger partial charge >= 0.3 is 0 Å². The summed E-state index contributed by atoms with van der Waals surface area (Å²) in [5, 5.41) is 0. The molecule has 30 heavy (non-hydrogen) atoms. The molecule has 5 aliphatic rings. The molecule has 4 saturated carbocycles. The lowest BCUT2D eigenvalue weighted by molar-refractivity contribution is -0.0399. The van der Waals surface area contributed by atoms with Gasteiger partial charge in [0.05, 0.1) is 0 Å². The maximum absolute atomic E-state index is 2.63. The second-order valence-corrected chi connectivity index (χ2v) is 10.7. The van der Waals surface area contributed by atoms with Crippen molar-refractivity contribution in [3.8, 4) is 11.1 Å². The molecule has 150 valence electrons. The maximum Gasteiger partial charge on any atom is 0.0272 e. The van der Waals surface area contributed by atoms with Gasteiger partial charge in [-0.3, -0.25) is 0 Å².